The maximum absolute atomic E-state index is 10.7. The summed E-state index contributed by atoms with van der Waals surface area (Å²) in [5.41, 5.74) is 0. The molecule has 0 aromatic heterocycles. The number of hydrogen-bond acceptors (Lipinski definition) is 5. The molecule has 2 fully saturated rings. The summed E-state index contributed by atoms with van der Waals surface area (Å²) < 4.78 is 15.6. The van der Waals surface area contributed by atoms with Crippen LogP contribution < -0.4 is 0 Å². The van der Waals surface area contributed by atoms with Crippen LogP contribution in [0.4, 0.5) is 0 Å². The van der Waals surface area contributed by atoms with Crippen LogP contribution in [0.25, 0.3) is 0 Å². The van der Waals surface area contributed by atoms with E-state index < -0.39 is 30.0 Å². The Bertz CT molecular complexity index is 219. The summed E-state index contributed by atoms with van der Waals surface area (Å²) in [7, 11) is 0. The Morgan fingerprint density at radius 3 is 1.77 bits per heavy atom. The zero-order valence-electron chi connectivity index (χ0n) is 6.87. The van der Waals surface area contributed by atoms with E-state index in [0.29, 0.717) is 12.8 Å². The molecule has 0 amide bonds. The van der Waals surface area contributed by atoms with Gasteiger partial charge in [-0.3, -0.25) is 0 Å². The van der Waals surface area contributed by atoms with Gasteiger partial charge < -0.3 is 0 Å². The Labute approximate surface area is 85.3 Å². The number of carbonyl (C=O) groups excluding carboxylic acids is 2. The van der Waals surface area contributed by atoms with Gasteiger partial charge in [-0.2, -0.15) is 0 Å². The molecule has 0 N–H and O–H groups in total. The van der Waals surface area contributed by atoms with Gasteiger partial charge in [0.05, 0.1) is 0 Å². The number of rotatable bonds is 2. The molecule has 0 bridgehead atoms. The molecule has 0 atom stereocenters. The van der Waals surface area contributed by atoms with Gasteiger partial charge in [0.1, 0.15) is 0 Å². The zero-order chi connectivity index (χ0) is 9.26. The molecular formula is C6H8Ge2O5. The van der Waals surface area contributed by atoms with Gasteiger partial charge in [-0.05, 0) is 0 Å². The Morgan fingerprint density at radius 2 is 1.46 bits per heavy atom. The predicted octanol–water partition coefficient (Wildman–Crippen LogP) is -0.127. The second kappa shape index (κ2) is 4.01. The second-order valence-electron chi connectivity index (χ2n) is 2.79. The molecule has 0 aromatic carbocycles. The summed E-state index contributed by atoms with van der Waals surface area (Å²) >= 11 is -4.07. The third-order valence-electron chi connectivity index (χ3n) is 1.75. The second-order valence-corrected chi connectivity index (χ2v) is 11.5. The van der Waals surface area contributed by atoms with E-state index in [1.54, 1.807) is 0 Å². The van der Waals surface area contributed by atoms with E-state index in [4.69, 9.17) is 10.3 Å². The molecule has 5 nitrogen and oxygen atoms in total. The van der Waals surface area contributed by atoms with E-state index in [2.05, 4.69) is 0 Å². The molecule has 2 radical (unpaired) electrons. The zero-order valence-corrected chi connectivity index (χ0v) is 11.1. The molecule has 0 unspecified atom stereocenters. The van der Waals surface area contributed by atoms with E-state index in [1.807, 2.05) is 0 Å². The Balaban J connectivity index is 1.78. The maximum atomic E-state index is 10.7. The fourth-order valence-electron chi connectivity index (χ4n) is 1.14. The topological polar surface area (TPSA) is 61.8 Å². The van der Waals surface area contributed by atoms with Gasteiger partial charge in [-0.15, -0.1) is 0 Å². The van der Waals surface area contributed by atoms with Gasteiger partial charge in [-0.1, -0.05) is 0 Å². The van der Waals surface area contributed by atoms with Gasteiger partial charge in [0.15, 0.2) is 0 Å². The van der Waals surface area contributed by atoms with Crippen LogP contribution in [0.1, 0.15) is 12.8 Å². The minimum atomic E-state index is -2.04. The van der Waals surface area contributed by atoms with Gasteiger partial charge in [0.25, 0.3) is 0 Å². The molecule has 2 aliphatic heterocycles. The van der Waals surface area contributed by atoms with Crippen molar-refractivity contribution in [3.05, 3.63) is 0 Å². The molecule has 0 saturated carbocycles. The molecule has 0 spiro atoms. The molecule has 2 aliphatic rings. The van der Waals surface area contributed by atoms with Gasteiger partial charge in [0.2, 0.25) is 0 Å². The molecule has 0 aromatic rings. The van der Waals surface area contributed by atoms with Gasteiger partial charge in [-0.25, -0.2) is 0 Å². The van der Waals surface area contributed by atoms with Crippen LogP contribution in [-0.4, -0.2) is 42.0 Å². The van der Waals surface area contributed by atoms with E-state index in [-0.39, 0.29) is 11.9 Å². The molecule has 2 rings (SSSR count). The summed E-state index contributed by atoms with van der Waals surface area (Å²) in [6.45, 7) is 0. The summed E-state index contributed by atoms with van der Waals surface area (Å²) in [5.74, 6) is -0.309. The van der Waals surface area contributed by atoms with Crippen molar-refractivity contribution in [2.75, 3.05) is 0 Å². The van der Waals surface area contributed by atoms with Crippen molar-refractivity contribution in [3.8, 4) is 0 Å². The van der Waals surface area contributed by atoms with E-state index >= 15 is 0 Å². The Hall–Kier alpha value is -0.0143. The van der Waals surface area contributed by atoms with Crippen LogP contribution in [0.5, 0.6) is 0 Å². The normalized spacial score (nSPS) is 24.9. The quantitative estimate of drug-likeness (QED) is 0.665. The molecule has 0 aliphatic carbocycles. The van der Waals surface area contributed by atoms with Crippen molar-refractivity contribution >= 4 is 42.0 Å². The molecule has 13 heavy (non-hydrogen) atoms. The molecule has 2 heterocycles. The Kier molecular flexibility index (Phi) is 2.94. The summed E-state index contributed by atoms with van der Waals surface area (Å²) in [6, 6.07) is 0. The van der Waals surface area contributed by atoms with Gasteiger partial charge >= 0.3 is 85.2 Å². The molecule has 7 heteroatoms. The Morgan fingerprint density at radius 1 is 1.00 bits per heavy atom. The SMILES string of the molecule is O=C1C[CH2][Ge]([O][Ge]2[CH2]CC(=O)[O]2)[O]1. The van der Waals surface area contributed by atoms with Crippen LogP contribution in [0.2, 0.25) is 10.5 Å². The van der Waals surface area contributed by atoms with Crippen molar-refractivity contribution in [2.24, 2.45) is 0 Å². The van der Waals surface area contributed by atoms with Crippen molar-refractivity contribution in [3.63, 3.8) is 0 Å². The summed E-state index contributed by atoms with van der Waals surface area (Å²) in [4.78, 5) is 21.5. The van der Waals surface area contributed by atoms with E-state index in [0.717, 1.165) is 10.5 Å². The van der Waals surface area contributed by atoms with E-state index in [9.17, 15) is 9.59 Å². The van der Waals surface area contributed by atoms with E-state index in [1.165, 1.54) is 0 Å². The van der Waals surface area contributed by atoms with Gasteiger partial charge in [0, 0.05) is 0 Å². The van der Waals surface area contributed by atoms with Crippen molar-refractivity contribution in [2.45, 2.75) is 23.3 Å². The van der Waals surface area contributed by atoms with Crippen molar-refractivity contribution < 1.29 is 19.9 Å². The van der Waals surface area contributed by atoms with Crippen molar-refractivity contribution in [1.82, 2.24) is 0 Å². The third kappa shape index (κ3) is 2.47. The van der Waals surface area contributed by atoms with Crippen LogP contribution in [-0.2, 0) is 19.9 Å². The molecule has 2 saturated heterocycles. The van der Waals surface area contributed by atoms with Crippen molar-refractivity contribution in [1.29, 1.82) is 0 Å². The first kappa shape index (κ1) is 9.54. The summed E-state index contributed by atoms with van der Waals surface area (Å²) in [6.07, 6.45) is 0.962. The van der Waals surface area contributed by atoms with Crippen LogP contribution in [0.15, 0.2) is 0 Å². The minimum absolute atomic E-state index is 0.155. The first-order valence-corrected chi connectivity index (χ1v) is 10.4. The van der Waals surface area contributed by atoms with Crippen LogP contribution in [0, 0.1) is 0 Å². The average Bonchev–Trinajstić information content (AvgIpc) is 2.62. The number of carbonyl (C=O) groups is 2. The van der Waals surface area contributed by atoms with Crippen LogP contribution >= 0.6 is 0 Å². The molecule has 70 valence electrons. The summed E-state index contributed by atoms with van der Waals surface area (Å²) in [5, 5.41) is 1.51. The molecular weight excluding hydrogens is 297 g/mol. The number of hydrogen-bond donors (Lipinski definition) is 0. The predicted molar refractivity (Wildman–Crippen MR) is 43.6 cm³/mol. The first-order valence-electron chi connectivity index (χ1n) is 4.05. The fraction of sp³-hybridized carbons (Fsp3) is 0.667. The first-order chi connectivity index (χ1) is 6.24. The average molecular weight is 305 g/mol. The third-order valence-corrected chi connectivity index (χ3v) is 12.3. The fourth-order valence-corrected chi connectivity index (χ4v) is 11.8. The monoisotopic (exact) mass is 308 g/mol. The standard InChI is InChI=1S/C6H8Ge2O5/c9-5-1-3-7(11-5)13-8-4-2-6(10)12-8/h1-4H2. The van der Waals surface area contributed by atoms with Crippen LogP contribution in [0.3, 0.4) is 0 Å².